The first-order valence-electron chi connectivity index (χ1n) is 9.14. The Kier molecular flexibility index (Phi) is 9.36. The van der Waals surface area contributed by atoms with Gasteiger partial charge in [0.15, 0.2) is 5.96 Å². The zero-order valence-corrected chi connectivity index (χ0v) is 19.2. The van der Waals surface area contributed by atoms with E-state index < -0.39 is 0 Å². The fraction of sp³-hybridized carbons (Fsp3) is 0.450. The van der Waals surface area contributed by atoms with Gasteiger partial charge >= 0.3 is 0 Å². The fourth-order valence-corrected chi connectivity index (χ4v) is 4.17. The van der Waals surface area contributed by atoms with E-state index in [4.69, 9.17) is 4.74 Å². The first-order valence-corrected chi connectivity index (χ1v) is 10.0. The average molecular weight is 500 g/mol. The van der Waals surface area contributed by atoms with Gasteiger partial charge in [-0.25, -0.2) is 0 Å². The van der Waals surface area contributed by atoms with Crippen molar-refractivity contribution in [1.82, 2.24) is 15.5 Å². The number of methoxy groups -OCH3 is 1. The molecule has 0 radical (unpaired) electrons. The summed E-state index contributed by atoms with van der Waals surface area (Å²) in [6.45, 7) is 4.97. The van der Waals surface area contributed by atoms with E-state index in [9.17, 15) is 0 Å². The Balaban J connectivity index is 0.00000261. The van der Waals surface area contributed by atoms with Crippen LogP contribution >= 0.6 is 35.3 Å². The standard InChI is InChI=1S/C20H28N4OS.HI/c1-21-20(22-10-7-16-5-3-4-6-18(16)25-2)23-11-13-24-12-8-19-17(15-24)9-14-26-19;/h3-6,9,14H,7-8,10-13,15H2,1-2H3,(H2,21,22,23);1H. The number of fused-ring (bicyclic) bond motifs is 1. The zero-order valence-electron chi connectivity index (χ0n) is 16.0. The number of aliphatic imine (C=N–C) groups is 1. The van der Waals surface area contributed by atoms with Crippen LogP contribution in [0.3, 0.4) is 0 Å². The van der Waals surface area contributed by atoms with E-state index in [0.717, 1.165) is 50.9 Å². The van der Waals surface area contributed by atoms with E-state index in [-0.39, 0.29) is 24.0 Å². The molecule has 0 unspecified atom stereocenters. The molecule has 0 saturated heterocycles. The minimum Gasteiger partial charge on any atom is -0.496 e. The summed E-state index contributed by atoms with van der Waals surface area (Å²) < 4.78 is 5.40. The molecule has 2 N–H and O–H groups in total. The number of hydrogen-bond donors (Lipinski definition) is 2. The van der Waals surface area contributed by atoms with Crippen molar-refractivity contribution in [3.8, 4) is 5.75 Å². The number of hydrogen-bond acceptors (Lipinski definition) is 4. The van der Waals surface area contributed by atoms with Crippen molar-refractivity contribution < 1.29 is 4.74 Å². The molecule has 1 aromatic heterocycles. The number of benzene rings is 1. The molecule has 0 atom stereocenters. The highest BCUT2D eigenvalue weighted by molar-refractivity contribution is 14.0. The van der Waals surface area contributed by atoms with E-state index >= 15 is 0 Å². The van der Waals surface area contributed by atoms with Gasteiger partial charge in [-0.1, -0.05) is 18.2 Å². The van der Waals surface area contributed by atoms with Crippen molar-refractivity contribution in [1.29, 1.82) is 0 Å². The van der Waals surface area contributed by atoms with Crippen LogP contribution in [0.25, 0.3) is 0 Å². The maximum Gasteiger partial charge on any atom is 0.191 e. The zero-order chi connectivity index (χ0) is 18.2. The van der Waals surface area contributed by atoms with Crippen molar-refractivity contribution in [3.63, 3.8) is 0 Å². The highest BCUT2D eigenvalue weighted by atomic mass is 127. The molecular weight excluding hydrogens is 471 g/mol. The topological polar surface area (TPSA) is 48.9 Å². The van der Waals surface area contributed by atoms with Gasteiger partial charge in [0.1, 0.15) is 5.75 Å². The maximum atomic E-state index is 5.40. The Morgan fingerprint density at radius 1 is 1.22 bits per heavy atom. The smallest absolute Gasteiger partial charge is 0.191 e. The Morgan fingerprint density at radius 3 is 2.85 bits per heavy atom. The van der Waals surface area contributed by atoms with E-state index in [1.54, 1.807) is 12.0 Å². The molecule has 0 fully saturated rings. The summed E-state index contributed by atoms with van der Waals surface area (Å²) >= 11 is 1.89. The quantitative estimate of drug-likeness (QED) is 0.349. The lowest BCUT2D eigenvalue weighted by Crippen LogP contribution is -2.43. The summed E-state index contributed by atoms with van der Waals surface area (Å²) in [6, 6.07) is 10.4. The first-order chi connectivity index (χ1) is 12.8. The number of guanidine groups is 1. The van der Waals surface area contributed by atoms with E-state index in [2.05, 4.69) is 38.0 Å². The minimum atomic E-state index is 0. The Labute approximate surface area is 183 Å². The van der Waals surface area contributed by atoms with Crippen molar-refractivity contribution in [2.24, 2.45) is 4.99 Å². The fourth-order valence-electron chi connectivity index (χ4n) is 3.28. The van der Waals surface area contributed by atoms with Crippen LogP contribution in [-0.2, 0) is 19.4 Å². The highest BCUT2D eigenvalue weighted by Crippen LogP contribution is 2.23. The molecule has 0 saturated carbocycles. The molecule has 1 aliphatic heterocycles. The number of thiophene rings is 1. The molecule has 7 heteroatoms. The van der Waals surface area contributed by atoms with Gasteiger partial charge in [0, 0.05) is 44.6 Å². The largest absolute Gasteiger partial charge is 0.496 e. The average Bonchev–Trinajstić information content (AvgIpc) is 3.15. The van der Waals surface area contributed by atoms with Crippen LogP contribution in [0.2, 0.25) is 0 Å². The van der Waals surface area contributed by atoms with Gasteiger partial charge in [-0.3, -0.25) is 9.89 Å². The molecule has 27 heavy (non-hydrogen) atoms. The minimum absolute atomic E-state index is 0. The lowest BCUT2D eigenvalue weighted by Gasteiger charge is -2.27. The van der Waals surface area contributed by atoms with Gasteiger partial charge < -0.3 is 15.4 Å². The Hall–Kier alpha value is -1.32. The third-order valence-electron chi connectivity index (χ3n) is 4.71. The monoisotopic (exact) mass is 500 g/mol. The second kappa shape index (κ2) is 11.5. The van der Waals surface area contributed by atoms with Gasteiger partial charge in [-0.15, -0.1) is 35.3 Å². The number of ether oxygens (including phenoxy) is 1. The molecule has 2 heterocycles. The molecule has 1 aromatic carbocycles. The molecule has 0 amide bonds. The molecule has 0 spiro atoms. The molecule has 0 aliphatic carbocycles. The number of nitrogens with one attached hydrogen (secondary N) is 2. The molecule has 5 nitrogen and oxygen atoms in total. The first kappa shape index (κ1) is 22.0. The predicted octanol–water partition coefficient (Wildman–Crippen LogP) is 3.14. The summed E-state index contributed by atoms with van der Waals surface area (Å²) in [5.41, 5.74) is 2.71. The SMILES string of the molecule is CN=C(NCCc1ccccc1OC)NCCN1CCc2sccc2C1.I. The van der Waals surface area contributed by atoms with Crippen LogP contribution in [0.4, 0.5) is 0 Å². The van der Waals surface area contributed by atoms with Crippen molar-refractivity contribution in [3.05, 3.63) is 51.7 Å². The molecule has 0 bridgehead atoms. The van der Waals surface area contributed by atoms with Crippen LogP contribution in [0, 0.1) is 0 Å². The Bertz CT molecular complexity index is 734. The highest BCUT2D eigenvalue weighted by Gasteiger charge is 2.16. The number of halogens is 1. The summed E-state index contributed by atoms with van der Waals surface area (Å²) in [4.78, 5) is 8.38. The Morgan fingerprint density at radius 2 is 2.04 bits per heavy atom. The number of nitrogens with zero attached hydrogens (tertiary/aromatic N) is 2. The lowest BCUT2D eigenvalue weighted by atomic mass is 10.1. The summed E-state index contributed by atoms with van der Waals surface area (Å²) in [5.74, 6) is 1.79. The third kappa shape index (κ3) is 6.36. The number of para-hydroxylation sites is 1. The van der Waals surface area contributed by atoms with E-state index in [1.165, 1.54) is 17.5 Å². The maximum absolute atomic E-state index is 5.40. The molecular formula is C20H29IN4OS. The molecule has 3 rings (SSSR count). The van der Waals surface area contributed by atoms with Gasteiger partial charge in [-0.05, 0) is 41.5 Å². The van der Waals surface area contributed by atoms with Crippen molar-refractivity contribution in [2.75, 3.05) is 40.3 Å². The predicted molar refractivity (Wildman–Crippen MR) is 125 cm³/mol. The lowest BCUT2D eigenvalue weighted by molar-refractivity contribution is 0.260. The summed E-state index contributed by atoms with van der Waals surface area (Å²) in [5, 5.41) is 9.01. The van der Waals surface area contributed by atoms with Crippen LogP contribution in [0.1, 0.15) is 16.0 Å². The second-order valence-electron chi connectivity index (χ2n) is 6.38. The van der Waals surface area contributed by atoms with Crippen LogP contribution in [-0.4, -0.2) is 51.2 Å². The van der Waals surface area contributed by atoms with Crippen molar-refractivity contribution >= 4 is 41.3 Å². The summed E-state index contributed by atoms with van der Waals surface area (Å²) in [6.07, 6.45) is 2.08. The van der Waals surface area contributed by atoms with E-state index in [1.807, 2.05) is 36.6 Å². The normalized spacial score (nSPS) is 14.2. The van der Waals surface area contributed by atoms with Crippen LogP contribution in [0.15, 0.2) is 40.7 Å². The molecule has 148 valence electrons. The van der Waals surface area contributed by atoms with Crippen LogP contribution in [0.5, 0.6) is 5.75 Å². The van der Waals surface area contributed by atoms with Gasteiger partial charge in [0.25, 0.3) is 0 Å². The van der Waals surface area contributed by atoms with Crippen molar-refractivity contribution in [2.45, 2.75) is 19.4 Å². The van der Waals surface area contributed by atoms with Crippen LogP contribution < -0.4 is 15.4 Å². The van der Waals surface area contributed by atoms with E-state index in [0.29, 0.717) is 0 Å². The third-order valence-corrected chi connectivity index (χ3v) is 5.73. The van der Waals surface area contributed by atoms with Gasteiger partial charge in [0.2, 0.25) is 0 Å². The number of rotatable bonds is 7. The second-order valence-corrected chi connectivity index (χ2v) is 7.38. The van der Waals surface area contributed by atoms with Gasteiger partial charge in [-0.2, -0.15) is 0 Å². The summed E-state index contributed by atoms with van der Waals surface area (Å²) in [7, 11) is 3.53. The van der Waals surface area contributed by atoms with Gasteiger partial charge in [0.05, 0.1) is 7.11 Å². The molecule has 2 aromatic rings. The molecule has 1 aliphatic rings.